The van der Waals surface area contributed by atoms with Crippen LogP contribution in [0.1, 0.15) is 27.9 Å². The molecule has 1 aliphatic carbocycles. The molecule has 2 heterocycles. The molecule has 55 heavy (non-hydrogen) atoms. The quantitative estimate of drug-likeness (QED) is 0.140. The van der Waals surface area contributed by atoms with E-state index in [1.54, 1.807) is 6.08 Å². The van der Waals surface area contributed by atoms with Gasteiger partial charge in [-0.2, -0.15) is 0 Å². The number of allylic oxidation sites excluding steroid dienone is 4. The van der Waals surface area contributed by atoms with Crippen molar-refractivity contribution in [2.24, 2.45) is 0 Å². The van der Waals surface area contributed by atoms with E-state index < -0.39 is 5.41 Å². The summed E-state index contributed by atoms with van der Waals surface area (Å²) < 4.78 is 0. The Morgan fingerprint density at radius 1 is 0.455 bits per heavy atom. The van der Waals surface area contributed by atoms with Gasteiger partial charge in [0.1, 0.15) is 0 Å². The van der Waals surface area contributed by atoms with Crippen LogP contribution in [0, 0.1) is 0 Å². The molecule has 6 aromatic carbocycles. The fraction of sp³-hybridized carbons (Fsp3) is 0.0189. The van der Waals surface area contributed by atoms with E-state index in [1.807, 2.05) is 42.7 Å². The van der Waals surface area contributed by atoms with Crippen LogP contribution in [0.5, 0.6) is 0 Å². The molecule has 1 aliphatic rings. The molecule has 1 unspecified atom stereocenters. The van der Waals surface area contributed by atoms with Gasteiger partial charge < -0.3 is 0 Å². The molecule has 2 heteroatoms. The molecule has 0 amide bonds. The van der Waals surface area contributed by atoms with E-state index in [2.05, 4.69) is 176 Å². The molecule has 0 saturated carbocycles. The largest absolute Gasteiger partial charge is 0.265 e. The zero-order chi connectivity index (χ0) is 37.2. The van der Waals surface area contributed by atoms with Crippen LogP contribution in [-0.2, 0) is 5.41 Å². The Labute approximate surface area is 323 Å². The van der Waals surface area contributed by atoms with Gasteiger partial charge in [0.15, 0.2) is 0 Å². The summed E-state index contributed by atoms with van der Waals surface area (Å²) in [5.74, 6) is 0. The van der Waals surface area contributed by atoms with Crippen molar-refractivity contribution >= 4 is 5.57 Å². The first-order valence-corrected chi connectivity index (χ1v) is 18.6. The highest BCUT2D eigenvalue weighted by molar-refractivity contribution is 5.89. The van der Waals surface area contributed by atoms with Gasteiger partial charge in [0, 0.05) is 18.0 Å². The van der Waals surface area contributed by atoms with Crippen LogP contribution in [0.15, 0.2) is 220 Å². The Balaban J connectivity index is 1.14. The van der Waals surface area contributed by atoms with Crippen LogP contribution >= 0.6 is 0 Å². The lowest BCUT2D eigenvalue weighted by Gasteiger charge is -2.33. The third-order valence-electron chi connectivity index (χ3n) is 10.8. The predicted octanol–water partition coefficient (Wildman–Crippen LogP) is 13.3. The highest BCUT2D eigenvalue weighted by Crippen LogP contribution is 2.56. The summed E-state index contributed by atoms with van der Waals surface area (Å²) in [6.45, 7) is 7.97. The lowest BCUT2D eigenvalue weighted by atomic mass is 9.68. The molecule has 1 atom stereocenters. The highest BCUT2D eigenvalue weighted by atomic mass is 14.7. The van der Waals surface area contributed by atoms with Crippen molar-refractivity contribution in [1.29, 1.82) is 0 Å². The van der Waals surface area contributed by atoms with Crippen LogP contribution in [0.2, 0.25) is 0 Å². The fourth-order valence-corrected chi connectivity index (χ4v) is 8.29. The van der Waals surface area contributed by atoms with Crippen LogP contribution in [0.4, 0.5) is 0 Å². The van der Waals surface area contributed by atoms with E-state index in [1.165, 1.54) is 44.5 Å². The number of aromatic nitrogens is 2. The summed E-state index contributed by atoms with van der Waals surface area (Å²) in [7, 11) is 0. The number of rotatable bonds is 9. The first-order valence-electron chi connectivity index (χ1n) is 18.6. The van der Waals surface area contributed by atoms with Gasteiger partial charge in [-0.25, -0.2) is 4.98 Å². The number of hydrogen-bond donors (Lipinski definition) is 0. The molecule has 2 aromatic heterocycles. The summed E-state index contributed by atoms with van der Waals surface area (Å²) in [5, 5.41) is 0. The van der Waals surface area contributed by atoms with Gasteiger partial charge in [-0.3, -0.25) is 4.98 Å². The summed E-state index contributed by atoms with van der Waals surface area (Å²) in [5.41, 5.74) is 17.7. The number of benzene rings is 6. The van der Waals surface area contributed by atoms with Gasteiger partial charge in [0.05, 0.1) is 16.8 Å². The van der Waals surface area contributed by atoms with Crippen molar-refractivity contribution in [3.8, 4) is 55.8 Å². The Kier molecular flexibility index (Phi) is 8.78. The molecule has 0 bridgehead atoms. The second-order valence-corrected chi connectivity index (χ2v) is 13.9. The summed E-state index contributed by atoms with van der Waals surface area (Å²) in [6.07, 6.45) is 9.38. The number of fused-ring (bicyclic) bond motifs is 3. The van der Waals surface area contributed by atoms with Gasteiger partial charge in [-0.05, 0) is 115 Å². The minimum absolute atomic E-state index is 0.446. The molecule has 260 valence electrons. The maximum Gasteiger partial charge on any atom is 0.0715 e. The van der Waals surface area contributed by atoms with Crippen LogP contribution in [0.25, 0.3) is 61.3 Å². The van der Waals surface area contributed by atoms with Crippen molar-refractivity contribution in [2.45, 2.75) is 5.41 Å². The second kappa shape index (κ2) is 14.3. The molecule has 2 nitrogen and oxygen atoms in total. The fourth-order valence-electron chi connectivity index (χ4n) is 8.29. The predicted molar refractivity (Wildman–Crippen MR) is 229 cm³/mol. The maximum atomic E-state index is 5.04. The summed E-state index contributed by atoms with van der Waals surface area (Å²) in [6, 6.07) is 63.4. The average molecular weight is 703 g/mol. The first-order chi connectivity index (χ1) is 27.2. The minimum atomic E-state index is -0.446. The SMILES string of the molecule is C=C/C=C(\C=C)c1cc(-c2cccc(-c3cccc(-c4ccc5c(c4)-c4ccccc4C5(c4ccccc4)c4ccncc4)c3)c2)cc(-c2ccccc2)n1. The zero-order valence-corrected chi connectivity index (χ0v) is 30.4. The lowest BCUT2D eigenvalue weighted by molar-refractivity contribution is 0.766. The average Bonchev–Trinajstić information content (AvgIpc) is 3.57. The van der Waals surface area contributed by atoms with E-state index in [-0.39, 0.29) is 0 Å². The van der Waals surface area contributed by atoms with Crippen LogP contribution in [0.3, 0.4) is 0 Å². The Morgan fingerprint density at radius 3 is 1.69 bits per heavy atom. The van der Waals surface area contributed by atoms with Crippen molar-refractivity contribution in [3.05, 3.63) is 248 Å². The molecule has 9 rings (SSSR count). The standard InChI is InChI=1S/C53H38N2/c1-3-15-37(4-2)51-35-44(36-52(55-51)38-16-7-5-8-17-38)42-21-14-19-40(33-42)39-18-13-20-41(32-39)43-26-27-50-48(34-43)47-24-11-12-25-49(47)53(50,45-22-9-6-10-23-45)46-28-30-54-31-29-46/h3-36H,1-2H2/b37-15+. The topological polar surface area (TPSA) is 25.8 Å². The van der Waals surface area contributed by atoms with Crippen LogP contribution < -0.4 is 0 Å². The zero-order valence-electron chi connectivity index (χ0n) is 30.4. The van der Waals surface area contributed by atoms with E-state index in [9.17, 15) is 0 Å². The molecule has 0 radical (unpaired) electrons. The van der Waals surface area contributed by atoms with Gasteiger partial charge in [-0.15, -0.1) is 0 Å². The van der Waals surface area contributed by atoms with Crippen molar-refractivity contribution in [1.82, 2.24) is 9.97 Å². The van der Waals surface area contributed by atoms with E-state index in [0.717, 1.165) is 44.8 Å². The summed E-state index contributed by atoms with van der Waals surface area (Å²) >= 11 is 0. The Hall–Kier alpha value is -7.16. The Bertz CT molecular complexity index is 2690. The number of pyridine rings is 2. The molecular formula is C53H38N2. The summed E-state index contributed by atoms with van der Waals surface area (Å²) in [4.78, 5) is 9.43. The van der Waals surface area contributed by atoms with Crippen LogP contribution in [-0.4, -0.2) is 9.97 Å². The molecule has 0 aliphatic heterocycles. The van der Waals surface area contributed by atoms with Crippen molar-refractivity contribution in [2.75, 3.05) is 0 Å². The molecule has 0 N–H and O–H groups in total. The second-order valence-electron chi connectivity index (χ2n) is 13.9. The number of nitrogens with zero attached hydrogens (tertiary/aromatic N) is 2. The number of hydrogen-bond acceptors (Lipinski definition) is 2. The maximum absolute atomic E-state index is 5.04. The minimum Gasteiger partial charge on any atom is -0.265 e. The third kappa shape index (κ3) is 5.95. The molecular weight excluding hydrogens is 665 g/mol. The molecule has 8 aromatic rings. The van der Waals surface area contributed by atoms with Gasteiger partial charge in [0.2, 0.25) is 0 Å². The first kappa shape index (κ1) is 33.7. The smallest absolute Gasteiger partial charge is 0.0715 e. The van der Waals surface area contributed by atoms with Gasteiger partial charge in [-0.1, -0.05) is 165 Å². The third-order valence-corrected chi connectivity index (χ3v) is 10.8. The van der Waals surface area contributed by atoms with Crippen molar-refractivity contribution < 1.29 is 0 Å². The molecule has 0 spiro atoms. The monoisotopic (exact) mass is 702 g/mol. The van der Waals surface area contributed by atoms with Gasteiger partial charge >= 0.3 is 0 Å². The Morgan fingerprint density at radius 2 is 1.02 bits per heavy atom. The lowest BCUT2D eigenvalue weighted by Crippen LogP contribution is -2.28. The normalized spacial score (nSPS) is 14.5. The molecule has 0 saturated heterocycles. The van der Waals surface area contributed by atoms with Crippen molar-refractivity contribution in [3.63, 3.8) is 0 Å². The van der Waals surface area contributed by atoms with E-state index >= 15 is 0 Å². The highest BCUT2D eigenvalue weighted by Gasteiger charge is 2.46. The van der Waals surface area contributed by atoms with Gasteiger partial charge in [0.25, 0.3) is 0 Å². The molecule has 0 fully saturated rings. The van der Waals surface area contributed by atoms with E-state index in [0.29, 0.717) is 0 Å². The van der Waals surface area contributed by atoms with E-state index in [4.69, 9.17) is 4.98 Å².